The second kappa shape index (κ2) is 6.39. The summed E-state index contributed by atoms with van der Waals surface area (Å²) in [6.45, 7) is 5.06. The molecule has 0 saturated heterocycles. The van der Waals surface area contributed by atoms with Crippen molar-refractivity contribution in [3.63, 3.8) is 0 Å². The van der Waals surface area contributed by atoms with Crippen LogP contribution in [0.3, 0.4) is 0 Å². The molecule has 4 heteroatoms. The lowest BCUT2D eigenvalue weighted by Gasteiger charge is -2.06. The normalized spacial score (nSPS) is 10.6. The number of nitrogens with one attached hydrogen (secondary N) is 1. The minimum Gasteiger partial charge on any atom is -0.467 e. The smallest absolute Gasteiger partial charge is 0.254 e. The average Bonchev–Trinajstić information content (AvgIpc) is 2.86. The highest BCUT2D eigenvalue weighted by Gasteiger charge is 2.08. The molecule has 0 aliphatic rings. The highest BCUT2D eigenvalue weighted by atomic mass is 16.3. The molecule has 1 heterocycles. The second-order valence-electron chi connectivity index (χ2n) is 5.01. The van der Waals surface area contributed by atoms with Crippen LogP contribution in [0.15, 0.2) is 34.9 Å². The molecular formula is C16H20N2O2. The fraction of sp³-hybridized carbons (Fsp3) is 0.312. The number of aryl methyl sites for hydroxylation is 2. The monoisotopic (exact) mass is 272 g/mol. The molecule has 0 radical (unpaired) electrons. The Labute approximate surface area is 119 Å². The summed E-state index contributed by atoms with van der Waals surface area (Å²) in [4.78, 5) is 11.9. The highest BCUT2D eigenvalue weighted by Crippen LogP contribution is 2.10. The van der Waals surface area contributed by atoms with Gasteiger partial charge >= 0.3 is 0 Å². The summed E-state index contributed by atoms with van der Waals surface area (Å²) >= 11 is 0. The second-order valence-corrected chi connectivity index (χ2v) is 5.01. The molecule has 4 nitrogen and oxygen atoms in total. The van der Waals surface area contributed by atoms with E-state index in [1.807, 2.05) is 0 Å². The zero-order chi connectivity index (χ0) is 14.5. The predicted molar refractivity (Wildman–Crippen MR) is 78.6 cm³/mol. The number of furan rings is 1. The number of carbonyl (C=O) groups excluding carboxylic acids is 1. The fourth-order valence-electron chi connectivity index (χ4n) is 2.24. The number of rotatable bonds is 5. The summed E-state index contributed by atoms with van der Waals surface area (Å²) in [5.74, 6) is 0.488. The maximum atomic E-state index is 11.9. The van der Waals surface area contributed by atoms with Gasteiger partial charge in [-0.1, -0.05) is 29.3 Å². The SMILES string of the molecule is Cc1cc(C)cc(CCNC(=O)c2coc(CN)c2)c1. The summed E-state index contributed by atoms with van der Waals surface area (Å²) in [6.07, 6.45) is 2.25. The van der Waals surface area contributed by atoms with Gasteiger partial charge in [-0.15, -0.1) is 0 Å². The Morgan fingerprint density at radius 3 is 2.50 bits per heavy atom. The molecule has 0 atom stereocenters. The Bertz CT molecular complexity index is 582. The molecule has 0 spiro atoms. The van der Waals surface area contributed by atoms with Crippen LogP contribution in [0.5, 0.6) is 0 Å². The quantitative estimate of drug-likeness (QED) is 0.877. The van der Waals surface area contributed by atoms with Gasteiger partial charge in [-0.2, -0.15) is 0 Å². The summed E-state index contributed by atoms with van der Waals surface area (Å²) in [6, 6.07) is 8.10. The first-order valence-corrected chi connectivity index (χ1v) is 6.71. The van der Waals surface area contributed by atoms with Crippen molar-refractivity contribution >= 4 is 5.91 Å². The van der Waals surface area contributed by atoms with Gasteiger partial charge < -0.3 is 15.5 Å². The van der Waals surface area contributed by atoms with Crippen molar-refractivity contribution in [2.45, 2.75) is 26.8 Å². The van der Waals surface area contributed by atoms with Gasteiger partial charge in [0.15, 0.2) is 0 Å². The van der Waals surface area contributed by atoms with Crippen molar-refractivity contribution in [3.05, 3.63) is 58.5 Å². The van der Waals surface area contributed by atoms with E-state index in [0.717, 1.165) is 6.42 Å². The van der Waals surface area contributed by atoms with Crippen LogP contribution >= 0.6 is 0 Å². The van der Waals surface area contributed by atoms with E-state index < -0.39 is 0 Å². The largest absolute Gasteiger partial charge is 0.467 e. The van der Waals surface area contributed by atoms with Crippen molar-refractivity contribution in [1.29, 1.82) is 0 Å². The van der Waals surface area contributed by atoms with Crippen molar-refractivity contribution in [3.8, 4) is 0 Å². The summed E-state index contributed by atoms with van der Waals surface area (Å²) < 4.78 is 5.15. The third-order valence-electron chi connectivity index (χ3n) is 3.10. The highest BCUT2D eigenvalue weighted by molar-refractivity contribution is 5.93. The summed E-state index contributed by atoms with van der Waals surface area (Å²) in [5, 5.41) is 2.88. The first kappa shape index (κ1) is 14.3. The molecule has 0 fully saturated rings. The van der Waals surface area contributed by atoms with Crippen LogP contribution in [-0.4, -0.2) is 12.5 Å². The number of nitrogens with two attached hydrogens (primary N) is 1. The number of carbonyl (C=O) groups is 1. The molecule has 1 aromatic carbocycles. The lowest BCUT2D eigenvalue weighted by atomic mass is 10.1. The predicted octanol–water partition coefficient (Wildman–Crippen LogP) is 2.33. The van der Waals surface area contributed by atoms with Gasteiger partial charge in [0.2, 0.25) is 0 Å². The van der Waals surface area contributed by atoms with Gasteiger partial charge in [0.1, 0.15) is 12.0 Å². The van der Waals surface area contributed by atoms with Crippen molar-refractivity contribution in [1.82, 2.24) is 5.32 Å². The fourth-order valence-corrected chi connectivity index (χ4v) is 2.24. The van der Waals surface area contributed by atoms with E-state index in [1.54, 1.807) is 6.07 Å². The van der Waals surface area contributed by atoms with E-state index in [1.165, 1.54) is 23.0 Å². The average molecular weight is 272 g/mol. The van der Waals surface area contributed by atoms with E-state index in [0.29, 0.717) is 24.4 Å². The Hall–Kier alpha value is -2.07. The molecule has 1 amide bonds. The summed E-state index contributed by atoms with van der Waals surface area (Å²) in [7, 11) is 0. The molecule has 0 saturated carbocycles. The Morgan fingerprint density at radius 2 is 1.90 bits per heavy atom. The lowest BCUT2D eigenvalue weighted by molar-refractivity contribution is 0.0953. The maximum Gasteiger partial charge on any atom is 0.254 e. The van der Waals surface area contributed by atoms with Crippen molar-refractivity contribution in [2.75, 3.05) is 6.54 Å². The van der Waals surface area contributed by atoms with E-state index in [-0.39, 0.29) is 5.91 Å². The molecule has 1 aromatic heterocycles. The first-order valence-electron chi connectivity index (χ1n) is 6.71. The standard InChI is InChI=1S/C16H20N2O2/c1-11-5-12(2)7-13(6-11)3-4-18-16(19)14-8-15(9-17)20-10-14/h5-8,10H,3-4,9,17H2,1-2H3,(H,18,19). The molecule has 0 unspecified atom stereocenters. The van der Waals surface area contributed by atoms with Crippen LogP contribution in [-0.2, 0) is 13.0 Å². The van der Waals surface area contributed by atoms with Gasteiger partial charge in [-0.25, -0.2) is 0 Å². The Balaban J connectivity index is 1.87. The molecule has 106 valence electrons. The number of benzene rings is 1. The third kappa shape index (κ3) is 3.71. The third-order valence-corrected chi connectivity index (χ3v) is 3.10. The minimum absolute atomic E-state index is 0.127. The zero-order valence-electron chi connectivity index (χ0n) is 11.9. The molecule has 2 aromatic rings. The number of hydrogen-bond acceptors (Lipinski definition) is 3. The molecule has 0 bridgehead atoms. The maximum absolute atomic E-state index is 11.9. The number of hydrogen-bond donors (Lipinski definition) is 2. The van der Waals surface area contributed by atoms with E-state index in [2.05, 4.69) is 37.4 Å². The molecule has 0 aliphatic carbocycles. The van der Waals surface area contributed by atoms with Gasteiger partial charge in [0.25, 0.3) is 5.91 Å². The van der Waals surface area contributed by atoms with E-state index in [9.17, 15) is 4.79 Å². The van der Waals surface area contributed by atoms with Gasteiger partial charge in [0, 0.05) is 6.54 Å². The van der Waals surface area contributed by atoms with Crippen LogP contribution in [0, 0.1) is 13.8 Å². The van der Waals surface area contributed by atoms with Crippen LogP contribution in [0.25, 0.3) is 0 Å². The molecule has 3 N–H and O–H groups in total. The van der Waals surface area contributed by atoms with E-state index in [4.69, 9.17) is 10.2 Å². The minimum atomic E-state index is -0.127. The van der Waals surface area contributed by atoms with E-state index >= 15 is 0 Å². The van der Waals surface area contributed by atoms with Gasteiger partial charge in [-0.3, -0.25) is 4.79 Å². The topological polar surface area (TPSA) is 68.3 Å². The molecule has 2 rings (SSSR count). The van der Waals surface area contributed by atoms with Gasteiger partial charge in [-0.05, 0) is 31.9 Å². The molecule has 0 aliphatic heterocycles. The Kier molecular flexibility index (Phi) is 4.58. The van der Waals surface area contributed by atoms with Crippen LogP contribution < -0.4 is 11.1 Å². The van der Waals surface area contributed by atoms with Crippen LogP contribution in [0.4, 0.5) is 0 Å². The Morgan fingerprint density at radius 1 is 1.20 bits per heavy atom. The summed E-state index contributed by atoms with van der Waals surface area (Å²) in [5.41, 5.74) is 9.68. The van der Waals surface area contributed by atoms with Gasteiger partial charge in [0.05, 0.1) is 12.1 Å². The molecular weight excluding hydrogens is 252 g/mol. The van der Waals surface area contributed by atoms with Crippen molar-refractivity contribution in [2.24, 2.45) is 5.73 Å². The number of amides is 1. The lowest BCUT2D eigenvalue weighted by Crippen LogP contribution is -2.25. The molecule has 20 heavy (non-hydrogen) atoms. The first-order chi connectivity index (χ1) is 9.58. The van der Waals surface area contributed by atoms with Crippen molar-refractivity contribution < 1.29 is 9.21 Å². The zero-order valence-corrected chi connectivity index (χ0v) is 11.9. The van der Waals surface area contributed by atoms with Crippen LogP contribution in [0.1, 0.15) is 32.8 Å². The van der Waals surface area contributed by atoms with Crippen LogP contribution in [0.2, 0.25) is 0 Å².